The van der Waals surface area contributed by atoms with Gasteiger partial charge in [0.1, 0.15) is 12.3 Å². The number of hydrogen-bond acceptors (Lipinski definition) is 3. The minimum atomic E-state index is -0.162. The summed E-state index contributed by atoms with van der Waals surface area (Å²) in [7, 11) is 0. The lowest BCUT2D eigenvalue weighted by atomic mass is 10.0. The van der Waals surface area contributed by atoms with Gasteiger partial charge in [0, 0.05) is 0 Å². The molecule has 0 N–H and O–H groups in total. The van der Waals surface area contributed by atoms with Gasteiger partial charge in [0.05, 0.1) is 5.04 Å². The maximum Gasteiger partial charge on any atom is 0.260 e. The van der Waals surface area contributed by atoms with Crippen molar-refractivity contribution in [3.8, 4) is 0 Å². The molecule has 0 aromatic heterocycles. The van der Waals surface area contributed by atoms with E-state index in [0.717, 1.165) is 10.6 Å². The molecule has 1 unspecified atom stereocenters. The van der Waals surface area contributed by atoms with Gasteiger partial charge < -0.3 is 0 Å². The molecule has 2 aliphatic rings. The van der Waals surface area contributed by atoms with Gasteiger partial charge in [-0.25, -0.2) is 9.98 Å². The highest BCUT2D eigenvalue weighted by molar-refractivity contribution is 8.17. The van der Waals surface area contributed by atoms with E-state index in [2.05, 4.69) is 9.98 Å². The first-order valence-corrected chi connectivity index (χ1v) is 4.14. The van der Waals surface area contributed by atoms with E-state index in [1.165, 1.54) is 18.1 Å². The zero-order chi connectivity index (χ0) is 7.84. The number of fused-ring (bicyclic) bond motifs is 1. The Morgan fingerprint density at radius 1 is 1.64 bits per heavy atom. The van der Waals surface area contributed by atoms with Crippen molar-refractivity contribution in [3.05, 3.63) is 11.0 Å². The topological polar surface area (TPSA) is 41.8 Å². The number of hydrogen-bond donors (Lipinski definition) is 0. The van der Waals surface area contributed by atoms with E-state index in [1.807, 2.05) is 12.3 Å². The van der Waals surface area contributed by atoms with Crippen LogP contribution in [-0.2, 0) is 4.79 Å². The molecule has 0 spiro atoms. The molecular weight excluding hydrogens is 160 g/mol. The molecule has 4 heteroatoms. The van der Waals surface area contributed by atoms with Gasteiger partial charge in [0.15, 0.2) is 0 Å². The Kier molecular flexibility index (Phi) is 1.42. The molecule has 0 radical (unpaired) electrons. The maximum absolute atomic E-state index is 11.2. The molecule has 0 aromatic carbocycles. The standard InChI is InChI=1S/C7H6N2OS/c1-4-2-11-7-5(4)6(10)8-3-9-7/h2-3,5H,1H3. The summed E-state index contributed by atoms with van der Waals surface area (Å²) in [5.41, 5.74) is 1.05. The Bertz CT molecular complexity index is 304. The second-order valence-electron chi connectivity index (χ2n) is 2.46. The van der Waals surface area contributed by atoms with Gasteiger partial charge in [-0.15, -0.1) is 0 Å². The summed E-state index contributed by atoms with van der Waals surface area (Å²) in [5, 5.41) is 2.82. The van der Waals surface area contributed by atoms with Gasteiger partial charge >= 0.3 is 0 Å². The fourth-order valence-corrected chi connectivity index (χ4v) is 2.08. The smallest absolute Gasteiger partial charge is 0.260 e. The van der Waals surface area contributed by atoms with Gasteiger partial charge in [-0.05, 0) is 17.9 Å². The van der Waals surface area contributed by atoms with Crippen LogP contribution in [0.4, 0.5) is 0 Å². The van der Waals surface area contributed by atoms with E-state index in [1.54, 1.807) is 0 Å². The van der Waals surface area contributed by atoms with Crippen LogP contribution in [0.2, 0.25) is 0 Å². The second kappa shape index (κ2) is 2.30. The van der Waals surface area contributed by atoms with Crippen molar-refractivity contribution in [2.45, 2.75) is 6.92 Å². The monoisotopic (exact) mass is 166 g/mol. The van der Waals surface area contributed by atoms with Crippen molar-refractivity contribution < 1.29 is 4.79 Å². The van der Waals surface area contributed by atoms with E-state index in [9.17, 15) is 4.79 Å². The first-order chi connectivity index (χ1) is 5.29. The summed E-state index contributed by atoms with van der Waals surface area (Å²) in [6, 6.07) is 0. The van der Waals surface area contributed by atoms with Crippen LogP contribution in [0.25, 0.3) is 0 Å². The number of aliphatic imine (C=N–C) groups is 2. The second-order valence-corrected chi connectivity index (χ2v) is 3.35. The van der Waals surface area contributed by atoms with Crippen molar-refractivity contribution in [1.82, 2.24) is 0 Å². The van der Waals surface area contributed by atoms with Crippen LogP contribution >= 0.6 is 11.8 Å². The molecule has 3 nitrogen and oxygen atoms in total. The van der Waals surface area contributed by atoms with E-state index >= 15 is 0 Å². The molecular formula is C7H6N2OS. The average molecular weight is 166 g/mol. The number of carbonyl (C=O) groups excluding carboxylic acids is 1. The van der Waals surface area contributed by atoms with Crippen LogP contribution in [0.3, 0.4) is 0 Å². The highest BCUT2D eigenvalue weighted by Crippen LogP contribution is 2.32. The van der Waals surface area contributed by atoms with Crippen LogP contribution in [0.15, 0.2) is 21.0 Å². The quantitative estimate of drug-likeness (QED) is 0.543. The van der Waals surface area contributed by atoms with Gasteiger partial charge in [-0.1, -0.05) is 11.8 Å². The number of rotatable bonds is 0. The minimum Gasteiger partial charge on any atom is -0.271 e. The highest BCUT2D eigenvalue weighted by atomic mass is 32.2. The van der Waals surface area contributed by atoms with Crippen molar-refractivity contribution in [2.75, 3.05) is 0 Å². The van der Waals surface area contributed by atoms with Crippen LogP contribution in [0.1, 0.15) is 6.92 Å². The number of amides is 1. The predicted octanol–water partition coefficient (Wildman–Crippen LogP) is 1.22. The van der Waals surface area contributed by atoms with Gasteiger partial charge in [0.25, 0.3) is 5.91 Å². The fourth-order valence-electron chi connectivity index (χ4n) is 1.11. The summed E-state index contributed by atoms with van der Waals surface area (Å²) in [6.07, 6.45) is 1.33. The first kappa shape index (κ1) is 6.79. The molecule has 0 aliphatic carbocycles. The van der Waals surface area contributed by atoms with Crippen molar-refractivity contribution in [3.63, 3.8) is 0 Å². The Morgan fingerprint density at radius 3 is 3.18 bits per heavy atom. The van der Waals surface area contributed by atoms with Crippen LogP contribution in [-0.4, -0.2) is 17.3 Å². The molecule has 1 atom stereocenters. The molecule has 2 heterocycles. The van der Waals surface area contributed by atoms with Gasteiger partial charge in [-0.3, -0.25) is 4.79 Å². The van der Waals surface area contributed by atoms with Crippen LogP contribution in [0, 0.1) is 5.92 Å². The SMILES string of the molecule is CC1=CSC2=NC=NC(=O)C12. The lowest BCUT2D eigenvalue weighted by molar-refractivity contribution is -0.118. The number of thioether (sulfide) groups is 1. The molecule has 56 valence electrons. The third-order valence-corrected chi connectivity index (χ3v) is 2.76. The first-order valence-electron chi connectivity index (χ1n) is 3.26. The number of carbonyl (C=O) groups is 1. The lowest BCUT2D eigenvalue weighted by Crippen LogP contribution is -2.21. The maximum atomic E-state index is 11.2. The average Bonchev–Trinajstić information content (AvgIpc) is 2.34. The van der Waals surface area contributed by atoms with E-state index in [4.69, 9.17) is 0 Å². The summed E-state index contributed by atoms with van der Waals surface area (Å²) in [5.74, 6) is -0.251. The molecule has 1 amide bonds. The third kappa shape index (κ3) is 0.939. The fraction of sp³-hybridized carbons (Fsp3) is 0.286. The van der Waals surface area contributed by atoms with Crippen LogP contribution < -0.4 is 0 Å². The summed E-state index contributed by atoms with van der Waals surface area (Å²) in [6.45, 7) is 1.93. The molecule has 0 saturated carbocycles. The summed E-state index contributed by atoms with van der Waals surface area (Å²) in [4.78, 5) is 18.8. The molecule has 0 aromatic rings. The predicted molar refractivity (Wildman–Crippen MR) is 45.8 cm³/mol. The Hall–Kier alpha value is -0.900. The Labute approximate surface area is 68.3 Å². The zero-order valence-corrected chi connectivity index (χ0v) is 6.76. The summed E-state index contributed by atoms with van der Waals surface area (Å²) < 4.78 is 0. The molecule has 0 fully saturated rings. The Balaban J connectivity index is 2.42. The van der Waals surface area contributed by atoms with E-state index < -0.39 is 0 Å². The summed E-state index contributed by atoms with van der Waals surface area (Å²) >= 11 is 1.51. The van der Waals surface area contributed by atoms with Crippen molar-refractivity contribution in [1.29, 1.82) is 0 Å². The normalized spacial score (nSPS) is 28.1. The molecule has 11 heavy (non-hydrogen) atoms. The Morgan fingerprint density at radius 2 is 2.45 bits per heavy atom. The van der Waals surface area contributed by atoms with E-state index in [0.29, 0.717) is 0 Å². The minimum absolute atomic E-state index is 0.0891. The van der Waals surface area contributed by atoms with Crippen molar-refractivity contribution >= 4 is 29.1 Å². The molecule has 0 bridgehead atoms. The lowest BCUT2D eigenvalue weighted by Gasteiger charge is -2.09. The van der Waals surface area contributed by atoms with Gasteiger partial charge in [0.2, 0.25) is 0 Å². The van der Waals surface area contributed by atoms with Gasteiger partial charge in [-0.2, -0.15) is 0 Å². The largest absolute Gasteiger partial charge is 0.271 e. The highest BCUT2D eigenvalue weighted by Gasteiger charge is 2.31. The zero-order valence-electron chi connectivity index (χ0n) is 5.94. The molecule has 0 saturated heterocycles. The van der Waals surface area contributed by atoms with Crippen molar-refractivity contribution in [2.24, 2.45) is 15.9 Å². The van der Waals surface area contributed by atoms with E-state index in [-0.39, 0.29) is 11.8 Å². The molecule has 2 rings (SSSR count). The third-order valence-electron chi connectivity index (χ3n) is 1.68. The molecule has 2 aliphatic heterocycles. The van der Waals surface area contributed by atoms with Crippen LogP contribution in [0.5, 0.6) is 0 Å². The number of nitrogens with zero attached hydrogens (tertiary/aromatic N) is 2.